The van der Waals surface area contributed by atoms with Gasteiger partial charge in [-0.15, -0.1) is 11.3 Å². The summed E-state index contributed by atoms with van der Waals surface area (Å²) in [6.45, 7) is 8.20. The second kappa shape index (κ2) is 9.98. The van der Waals surface area contributed by atoms with E-state index in [1.807, 2.05) is 22.4 Å². The lowest BCUT2D eigenvalue weighted by atomic mass is 9.72. The van der Waals surface area contributed by atoms with Gasteiger partial charge in [-0.3, -0.25) is 9.69 Å². The highest BCUT2D eigenvalue weighted by atomic mass is 32.1. The summed E-state index contributed by atoms with van der Waals surface area (Å²) in [6.07, 6.45) is 4.60. The van der Waals surface area contributed by atoms with E-state index in [1.54, 1.807) is 17.4 Å². The lowest BCUT2D eigenvalue weighted by Crippen LogP contribution is -2.51. The first-order valence-corrected chi connectivity index (χ1v) is 12.6. The van der Waals surface area contributed by atoms with Gasteiger partial charge >= 0.3 is 0 Å². The van der Waals surface area contributed by atoms with E-state index in [9.17, 15) is 9.18 Å². The topological polar surface area (TPSA) is 56.7 Å². The molecule has 1 aromatic heterocycles. The molecule has 32 heavy (non-hydrogen) atoms. The summed E-state index contributed by atoms with van der Waals surface area (Å²) in [7, 11) is 0. The molecule has 1 aromatic carbocycles. The number of rotatable bonds is 6. The Balaban J connectivity index is 1.36. The van der Waals surface area contributed by atoms with Crippen LogP contribution in [0.25, 0.3) is 0 Å². The monoisotopic (exact) mass is 459 g/mol. The summed E-state index contributed by atoms with van der Waals surface area (Å²) in [6, 6.07) is 5.48. The van der Waals surface area contributed by atoms with E-state index in [0.29, 0.717) is 35.7 Å². The van der Waals surface area contributed by atoms with Gasteiger partial charge in [-0.1, -0.05) is 32.0 Å². The van der Waals surface area contributed by atoms with Gasteiger partial charge in [0.05, 0.1) is 5.01 Å². The number of hydrogen-bond acceptors (Lipinski definition) is 5. The molecule has 2 aromatic rings. The zero-order chi connectivity index (χ0) is 22.7. The van der Waals surface area contributed by atoms with Gasteiger partial charge in [-0.25, -0.2) is 9.37 Å². The number of piperidine rings is 2. The third-order valence-corrected chi connectivity index (χ3v) is 8.18. The molecule has 0 atom stereocenters. The molecule has 0 radical (unpaired) electrons. The van der Waals surface area contributed by atoms with Crippen molar-refractivity contribution in [2.24, 2.45) is 5.41 Å². The van der Waals surface area contributed by atoms with E-state index in [2.05, 4.69) is 23.7 Å². The Bertz CT molecular complexity index is 937. The van der Waals surface area contributed by atoms with Crippen LogP contribution in [0.3, 0.4) is 0 Å². The highest BCUT2D eigenvalue weighted by molar-refractivity contribution is 7.09. The highest BCUT2D eigenvalue weighted by Gasteiger charge is 2.40. The number of thiazole rings is 1. The van der Waals surface area contributed by atoms with E-state index in [1.165, 1.54) is 0 Å². The van der Waals surface area contributed by atoms with Crippen LogP contribution < -0.4 is 0 Å². The van der Waals surface area contributed by atoms with Gasteiger partial charge in [-0.05, 0) is 56.2 Å². The largest absolute Gasteiger partial charge is 0.396 e. The van der Waals surface area contributed by atoms with Crippen molar-refractivity contribution in [2.75, 3.05) is 32.8 Å². The van der Waals surface area contributed by atoms with Crippen molar-refractivity contribution >= 4 is 17.2 Å². The maximum atomic E-state index is 14.7. The van der Waals surface area contributed by atoms with E-state index in [-0.39, 0.29) is 23.7 Å². The quantitative estimate of drug-likeness (QED) is 0.693. The number of carbonyl (C=O) groups is 1. The average Bonchev–Trinajstić information content (AvgIpc) is 3.29. The van der Waals surface area contributed by atoms with Gasteiger partial charge in [0, 0.05) is 43.1 Å². The third kappa shape index (κ3) is 5.05. The second-order valence-corrected chi connectivity index (χ2v) is 10.6. The molecule has 2 saturated heterocycles. The molecular weight excluding hydrogens is 425 g/mol. The molecule has 1 N–H and O–H groups in total. The van der Waals surface area contributed by atoms with E-state index >= 15 is 0 Å². The number of likely N-dealkylation sites (tertiary alicyclic amines) is 2. The first kappa shape index (κ1) is 23.3. The summed E-state index contributed by atoms with van der Waals surface area (Å²) in [4.78, 5) is 22.0. The number of aliphatic hydroxyl groups excluding tert-OH is 1. The smallest absolute Gasteiger partial charge is 0.273 e. The Morgan fingerprint density at radius 2 is 1.97 bits per heavy atom. The fraction of sp³-hybridized carbons (Fsp3) is 0.600. The van der Waals surface area contributed by atoms with Crippen LogP contribution in [0.4, 0.5) is 4.39 Å². The van der Waals surface area contributed by atoms with Crippen molar-refractivity contribution in [3.63, 3.8) is 0 Å². The van der Waals surface area contributed by atoms with Crippen molar-refractivity contribution < 1.29 is 14.3 Å². The normalized spacial score (nSPS) is 19.1. The molecule has 1 spiro atoms. The minimum absolute atomic E-state index is 0.0402. The molecule has 0 bridgehead atoms. The van der Waals surface area contributed by atoms with Crippen LogP contribution in [0.2, 0.25) is 0 Å². The van der Waals surface area contributed by atoms with Gasteiger partial charge in [0.2, 0.25) is 0 Å². The van der Waals surface area contributed by atoms with Crippen LogP contribution in [0.15, 0.2) is 23.6 Å². The molecule has 3 heterocycles. The summed E-state index contributed by atoms with van der Waals surface area (Å²) in [5.41, 5.74) is 2.05. The highest BCUT2D eigenvalue weighted by Crippen LogP contribution is 2.40. The first-order valence-electron chi connectivity index (χ1n) is 11.7. The van der Waals surface area contributed by atoms with Crippen molar-refractivity contribution in [3.8, 4) is 0 Å². The van der Waals surface area contributed by atoms with Crippen molar-refractivity contribution in [3.05, 3.63) is 51.2 Å². The number of amides is 1. The summed E-state index contributed by atoms with van der Waals surface area (Å²) in [5, 5.41) is 12.1. The molecule has 1 amide bonds. The van der Waals surface area contributed by atoms with Gasteiger partial charge < -0.3 is 10.0 Å². The number of benzene rings is 1. The fourth-order valence-electron chi connectivity index (χ4n) is 5.10. The van der Waals surface area contributed by atoms with Gasteiger partial charge in [-0.2, -0.15) is 0 Å². The molecule has 7 heteroatoms. The summed E-state index contributed by atoms with van der Waals surface area (Å²) in [5.74, 6) is 0.227. The molecule has 2 aliphatic rings. The van der Waals surface area contributed by atoms with Crippen LogP contribution in [0.1, 0.15) is 72.1 Å². The average molecular weight is 460 g/mol. The van der Waals surface area contributed by atoms with Crippen LogP contribution in [-0.4, -0.2) is 58.6 Å². The number of aromatic nitrogens is 1. The predicted molar refractivity (Wildman–Crippen MR) is 125 cm³/mol. The lowest BCUT2D eigenvalue weighted by Gasteiger charge is -2.47. The van der Waals surface area contributed by atoms with Crippen molar-refractivity contribution in [1.29, 1.82) is 0 Å². The predicted octanol–water partition coefficient (Wildman–Crippen LogP) is 4.46. The Morgan fingerprint density at radius 1 is 1.22 bits per heavy atom. The van der Waals surface area contributed by atoms with Crippen LogP contribution >= 0.6 is 11.3 Å². The third-order valence-electron chi connectivity index (χ3n) is 7.03. The molecule has 2 fully saturated rings. The Kier molecular flexibility index (Phi) is 7.27. The van der Waals surface area contributed by atoms with E-state index in [4.69, 9.17) is 5.11 Å². The van der Waals surface area contributed by atoms with Crippen LogP contribution in [0.5, 0.6) is 0 Å². The minimum Gasteiger partial charge on any atom is -0.396 e. The Morgan fingerprint density at radius 3 is 2.66 bits per heavy atom. The zero-order valence-corrected chi connectivity index (χ0v) is 20.0. The van der Waals surface area contributed by atoms with Gasteiger partial charge in [0.15, 0.2) is 0 Å². The molecule has 4 rings (SSSR count). The minimum atomic E-state index is -0.180. The van der Waals surface area contributed by atoms with Crippen molar-refractivity contribution in [1.82, 2.24) is 14.8 Å². The SMILES string of the molecule is CC(C)c1nc(C(=O)N2CCCC3(CCN(Cc4cccc(CCO)c4F)CC3)C2)cs1. The molecule has 174 valence electrons. The Hall–Kier alpha value is -1.83. The maximum absolute atomic E-state index is 14.7. The molecular formula is C25H34FN3O2S. The van der Waals surface area contributed by atoms with E-state index in [0.717, 1.165) is 56.9 Å². The molecule has 0 unspecified atom stereocenters. The number of aliphatic hydroxyl groups is 1. The maximum Gasteiger partial charge on any atom is 0.273 e. The Labute approximate surface area is 194 Å². The molecule has 2 aliphatic heterocycles. The summed E-state index contributed by atoms with van der Waals surface area (Å²) >= 11 is 1.57. The number of nitrogens with zero attached hydrogens (tertiary/aromatic N) is 3. The zero-order valence-electron chi connectivity index (χ0n) is 19.1. The summed E-state index contributed by atoms with van der Waals surface area (Å²) < 4.78 is 14.7. The number of hydrogen-bond donors (Lipinski definition) is 1. The van der Waals surface area contributed by atoms with E-state index < -0.39 is 0 Å². The fourth-order valence-corrected chi connectivity index (χ4v) is 5.91. The number of carbonyl (C=O) groups excluding carboxylic acids is 1. The lowest BCUT2D eigenvalue weighted by molar-refractivity contribution is 0.0193. The molecule has 5 nitrogen and oxygen atoms in total. The van der Waals surface area contributed by atoms with Crippen LogP contribution in [0, 0.1) is 11.2 Å². The molecule has 0 saturated carbocycles. The van der Waals surface area contributed by atoms with Crippen molar-refractivity contribution in [2.45, 2.75) is 58.4 Å². The van der Waals surface area contributed by atoms with Gasteiger partial charge in [0.25, 0.3) is 5.91 Å². The van der Waals surface area contributed by atoms with Gasteiger partial charge in [0.1, 0.15) is 11.5 Å². The molecule has 0 aliphatic carbocycles. The second-order valence-electron chi connectivity index (χ2n) is 9.70. The first-order chi connectivity index (χ1) is 15.4. The van der Waals surface area contributed by atoms with Crippen LogP contribution in [-0.2, 0) is 13.0 Å². The standard InChI is InChI=1S/C25H34FN3O2S/c1-18(2)23-27-21(16-32-23)24(31)29-11-4-8-25(17-29)9-12-28(13-10-25)15-20-6-3-5-19(7-14-30)22(20)26/h3,5-6,16,18,30H,4,7-15,17H2,1-2H3. The number of halogens is 1.